The fourth-order valence-corrected chi connectivity index (χ4v) is 3.02. The van der Waals surface area contributed by atoms with E-state index in [1.54, 1.807) is 0 Å². The highest BCUT2D eigenvalue weighted by atomic mass is 32.2. The van der Waals surface area contributed by atoms with Crippen LogP contribution in [0, 0.1) is 0 Å². The van der Waals surface area contributed by atoms with Gasteiger partial charge in [-0.05, 0) is 30.7 Å². The SMILES string of the molecule is CS(=O)(=O)c1ccc(S(=O)CCCC(=O)O)cc1. The minimum Gasteiger partial charge on any atom is -0.481 e. The van der Waals surface area contributed by atoms with E-state index in [2.05, 4.69) is 0 Å². The van der Waals surface area contributed by atoms with E-state index in [0.717, 1.165) is 6.26 Å². The van der Waals surface area contributed by atoms with E-state index in [9.17, 15) is 17.4 Å². The van der Waals surface area contributed by atoms with Crippen LogP contribution in [-0.4, -0.2) is 35.7 Å². The molecule has 0 aromatic heterocycles. The Hall–Kier alpha value is -1.21. The molecule has 100 valence electrons. The van der Waals surface area contributed by atoms with E-state index >= 15 is 0 Å². The number of aliphatic carboxylic acids is 1. The predicted octanol–water partition coefficient (Wildman–Crippen LogP) is 1.06. The number of rotatable bonds is 6. The predicted molar refractivity (Wildman–Crippen MR) is 67.7 cm³/mol. The van der Waals surface area contributed by atoms with Crippen LogP contribution in [0.15, 0.2) is 34.1 Å². The molecule has 7 heteroatoms. The summed E-state index contributed by atoms with van der Waals surface area (Å²) >= 11 is 0. The number of sulfone groups is 1. The summed E-state index contributed by atoms with van der Waals surface area (Å²) in [6.45, 7) is 0. The highest BCUT2D eigenvalue weighted by Gasteiger charge is 2.09. The van der Waals surface area contributed by atoms with Gasteiger partial charge in [0.25, 0.3) is 0 Å². The molecule has 0 aliphatic heterocycles. The molecule has 1 aromatic carbocycles. The van der Waals surface area contributed by atoms with Crippen LogP contribution in [-0.2, 0) is 25.4 Å². The van der Waals surface area contributed by atoms with Crippen LogP contribution < -0.4 is 0 Å². The van der Waals surface area contributed by atoms with Gasteiger partial charge in [0.15, 0.2) is 9.84 Å². The van der Waals surface area contributed by atoms with Crippen molar-refractivity contribution in [3.8, 4) is 0 Å². The van der Waals surface area contributed by atoms with Crippen molar-refractivity contribution in [1.29, 1.82) is 0 Å². The number of hydrogen-bond acceptors (Lipinski definition) is 4. The zero-order chi connectivity index (χ0) is 13.8. The third-order valence-electron chi connectivity index (χ3n) is 2.24. The molecule has 0 aliphatic carbocycles. The van der Waals surface area contributed by atoms with E-state index in [0.29, 0.717) is 11.3 Å². The summed E-state index contributed by atoms with van der Waals surface area (Å²) in [5, 5.41) is 8.46. The first-order valence-corrected chi connectivity index (χ1v) is 8.42. The quantitative estimate of drug-likeness (QED) is 0.846. The van der Waals surface area contributed by atoms with Crippen LogP contribution in [0.5, 0.6) is 0 Å². The maximum atomic E-state index is 11.8. The van der Waals surface area contributed by atoms with Crippen molar-refractivity contribution in [3.05, 3.63) is 24.3 Å². The van der Waals surface area contributed by atoms with Gasteiger partial charge in [-0.2, -0.15) is 0 Å². The fraction of sp³-hybridized carbons (Fsp3) is 0.364. The first-order valence-electron chi connectivity index (χ1n) is 5.21. The second kappa shape index (κ2) is 6.10. The van der Waals surface area contributed by atoms with Gasteiger partial charge < -0.3 is 5.11 Å². The third kappa shape index (κ3) is 4.58. The topological polar surface area (TPSA) is 88.5 Å². The normalized spacial score (nSPS) is 13.2. The lowest BCUT2D eigenvalue weighted by Gasteiger charge is -2.03. The summed E-state index contributed by atoms with van der Waals surface area (Å²) in [5.74, 6) is -0.663. The molecule has 0 aliphatic rings. The van der Waals surface area contributed by atoms with Gasteiger partial charge in [0.1, 0.15) is 0 Å². The van der Waals surface area contributed by atoms with E-state index < -0.39 is 26.6 Å². The second-order valence-electron chi connectivity index (χ2n) is 3.79. The molecule has 1 rings (SSSR count). The summed E-state index contributed by atoms with van der Waals surface area (Å²) in [5.41, 5.74) is 0. The lowest BCUT2D eigenvalue weighted by Crippen LogP contribution is -2.03. The summed E-state index contributed by atoms with van der Waals surface area (Å²) in [6, 6.07) is 5.79. The van der Waals surface area contributed by atoms with Crippen LogP contribution in [0.4, 0.5) is 0 Å². The average molecular weight is 290 g/mol. The minimum atomic E-state index is -3.25. The maximum Gasteiger partial charge on any atom is 0.303 e. The summed E-state index contributed by atoms with van der Waals surface area (Å²) in [4.78, 5) is 11.0. The summed E-state index contributed by atoms with van der Waals surface area (Å²) < 4.78 is 34.2. The maximum absolute atomic E-state index is 11.8. The van der Waals surface area contributed by atoms with E-state index in [-0.39, 0.29) is 17.1 Å². The van der Waals surface area contributed by atoms with Gasteiger partial charge in [-0.1, -0.05) is 0 Å². The molecule has 0 saturated carbocycles. The van der Waals surface area contributed by atoms with Gasteiger partial charge in [0, 0.05) is 23.3 Å². The monoisotopic (exact) mass is 290 g/mol. The second-order valence-corrected chi connectivity index (χ2v) is 7.38. The highest BCUT2D eigenvalue weighted by Crippen LogP contribution is 2.14. The van der Waals surface area contributed by atoms with Gasteiger partial charge in [-0.25, -0.2) is 8.42 Å². The highest BCUT2D eigenvalue weighted by molar-refractivity contribution is 7.90. The Morgan fingerprint density at radius 2 is 1.83 bits per heavy atom. The lowest BCUT2D eigenvalue weighted by atomic mass is 10.3. The molecule has 0 spiro atoms. The zero-order valence-electron chi connectivity index (χ0n) is 9.83. The van der Waals surface area contributed by atoms with Crippen LogP contribution in [0.1, 0.15) is 12.8 Å². The van der Waals surface area contributed by atoms with Crippen LogP contribution in [0.25, 0.3) is 0 Å². The Balaban J connectivity index is 2.68. The van der Waals surface area contributed by atoms with E-state index in [4.69, 9.17) is 5.11 Å². The van der Waals surface area contributed by atoms with Crippen molar-refractivity contribution in [2.75, 3.05) is 12.0 Å². The van der Waals surface area contributed by atoms with Gasteiger partial charge in [0.05, 0.1) is 15.7 Å². The molecular weight excluding hydrogens is 276 g/mol. The molecule has 1 unspecified atom stereocenters. The lowest BCUT2D eigenvalue weighted by molar-refractivity contribution is -0.137. The standard InChI is InChI=1S/C11H14O5S2/c1-18(15,16)10-6-4-9(5-7-10)17(14)8-2-3-11(12)13/h4-7H,2-3,8H2,1H3,(H,12,13). The fourth-order valence-electron chi connectivity index (χ4n) is 1.31. The van der Waals surface area contributed by atoms with Crippen LogP contribution in [0.2, 0.25) is 0 Å². The third-order valence-corrected chi connectivity index (χ3v) is 4.82. The smallest absolute Gasteiger partial charge is 0.303 e. The Labute approximate surface area is 108 Å². The van der Waals surface area contributed by atoms with Crippen molar-refractivity contribution in [1.82, 2.24) is 0 Å². The van der Waals surface area contributed by atoms with Crippen molar-refractivity contribution in [2.24, 2.45) is 0 Å². The Morgan fingerprint density at radius 3 is 2.28 bits per heavy atom. The number of hydrogen-bond donors (Lipinski definition) is 1. The van der Waals surface area contributed by atoms with Crippen molar-refractivity contribution >= 4 is 26.6 Å². The van der Waals surface area contributed by atoms with Crippen LogP contribution in [0.3, 0.4) is 0 Å². The van der Waals surface area contributed by atoms with E-state index in [1.807, 2.05) is 0 Å². The number of carboxylic acids is 1. The average Bonchev–Trinajstić information content (AvgIpc) is 2.27. The Kier molecular flexibility index (Phi) is 5.03. The molecule has 5 nitrogen and oxygen atoms in total. The first kappa shape index (κ1) is 14.8. The van der Waals surface area contributed by atoms with Crippen LogP contribution >= 0.6 is 0 Å². The molecule has 1 N–H and O–H groups in total. The van der Waals surface area contributed by atoms with E-state index in [1.165, 1.54) is 24.3 Å². The molecule has 0 amide bonds. The molecule has 0 bridgehead atoms. The molecule has 1 atom stereocenters. The molecule has 0 saturated heterocycles. The summed E-state index contributed by atoms with van der Waals surface area (Å²) in [6.07, 6.45) is 1.41. The van der Waals surface area contributed by atoms with Gasteiger partial charge in [0.2, 0.25) is 0 Å². The molecule has 0 heterocycles. The van der Waals surface area contributed by atoms with Gasteiger partial charge in [-0.15, -0.1) is 0 Å². The van der Waals surface area contributed by atoms with Gasteiger partial charge in [-0.3, -0.25) is 9.00 Å². The first-order chi connectivity index (χ1) is 8.30. The Morgan fingerprint density at radius 1 is 1.28 bits per heavy atom. The van der Waals surface area contributed by atoms with Gasteiger partial charge >= 0.3 is 5.97 Å². The molecule has 1 aromatic rings. The Bertz CT molecular complexity index is 545. The molecule has 18 heavy (non-hydrogen) atoms. The number of benzene rings is 1. The summed E-state index contributed by atoms with van der Waals surface area (Å²) in [7, 11) is -4.54. The van der Waals surface area contributed by atoms with Crippen molar-refractivity contribution in [2.45, 2.75) is 22.6 Å². The molecular formula is C11H14O5S2. The minimum absolute atomic E-state index is 0.0207. The number of carbonyl (C=O) groups is 1. The van der Waals surface area contributed by atoms with Crippen molar-refractivity contribution < 1.29 is 22.5 Å². The molecule has 0 radical (unpaired) electrons. The largest absolute Gasteiger partial charge is 0.481 e. The molecule has 0 fully saturated rings. The zero-order valence-corrected chi connectivity index (χ0v) is 11.5. The number of carboxylic acid groups (broad SMARTS) is 1. The van der Waals surface area contributed by atoms with Crippen molar-refractivity contribution in [3.63, 3.8) is 0 Å².